The molecule has 1 saturated heterocycles. The standard InChI is InChI=1S/C9H13ClO2/c1-5(2)8(10)7-4-6(3)9(11)12-7/h6-7H,4H2,1-3H3. The zero-order chi connectivity index (χ0) is 9.30. The second kappa shape index (κ2) is 3.48. The summed E-state index contributed by atoms with van der Waals surface area (Å²) in [5, 5.41) is 0.674. The molecule has 0 saturated carbocycles. The summed E-state index contributed by atoms with van der Waals surface area (Å²) in [6.45, 7) is 5.69. The Labute approximate surface area is 77.5 Å². The van der Waals surface area contributed by atoms with Gasteiger partial charge in [0.15, 0.2) is 0 Å². The van der Waals surface area contributed by atoms with Gasteiger partial charge in [-0.15, -0.1) is 0 Å². The van der Waals surface area contributed by atoms with Gasteiger partial charge in [-0.05, 0) is 13.8 Å². The molecule has 1 aliphatic heterocycles. The van der Waals surface area contributed by atoms with E-state index in [4.69, 9.17) is 16.3 Å². The van der Waals surface area contributed by atoms with Crippen LogP contribution >= 0.6 is 11.6 Å². The molecule has 1 aliphatic rings. The fraction of sp³-hybridized carbons (Fsp3) is 0.667. The number of cyclic esters (lactones) is 1. The molecule has 1 fully saturated rings. The molecule has 0 aromatic heterocycles. The summed E-state index contributed by atoms with van der Waals surface area (Å²) in [4.78, 5) is 11.0. The summed E-state index contributed by atoms with van der Waals surface area (Å²) < 4.78 is 5.07. The van der Waals surface area contributed by atoms with E-state index in [0.29, 0.717) is 11.5 Å². The number of halogens is 1. The third-order valence-corrected chi connectivity index (χ3v) is 2.61. The summed E-state index contributed by atoms with van der Waals surface area (Å²) in [6.07, 6.45) is 0.516. The van der Waals surface area contributed by atoms with E-state index in [1.807, 2.05) is 20.8 Å². The minimum Gasteiger partial charge on any atom is -0.456 e. The van der Waals surface area contributed by atoms with Crippen LogP contribution in [0.4, 0.5) is 0 Å². The normalized spacial score (nSPS) is 28.5. The maximum Gasteiger partial charge on any atom is 0.309 e. The highest BCUT2D eigenvalue weighted by atomic mass is 35.5. The first-order valence-corrected chi connectivity index (χ1v) is 4.43. The number of carbonyl (C=O) groups is 1. The van der Waals surface area contributed by atoms with Crippen molar-refractivity contribution in [1.29, 1.82) is 0 Å². The van der Waals surface area contributed by atoms with Gasteiger partial charge < -0.3 is 4.74 Å². The van der Waals surface area contributed by atoms with Crippen molar-refractivity contribution >= 4 is 17.6 Å². The fourth-order valence-electron chi connectivity index (χ4n) is 1.20. The predicted molar refractivity (Wildman–Crippen MR) is 47.9 cm³/mol. The lowest BCUT2D eigenvalue weighted by Gasteiger charge is -2.08. The molecule has 3 heteroatoms. The largest absolute Gasteiger partial charge is 0.456 e. The molecular weight excluding hydrogens is 176 g/mol. The number of hydrogen-bond donors (Lipinski definition) is 0. The molecule has 1 heterocycles. The topological polar surface area (TPSA) is 26.3 Å². The number of ether oxygens (including phenoxy) is 1. The van der Waals surface area contributed by atoms with Crippen molar-refractivity contribution in [2.24, 2.45) is 5.92 Å². The smallest absolute Gasteiger partial charge is 0.309 e. The molecule has 0 bridgehead atoms. The molecule has 0 spiro atoms. The van der Waals surface area contributed by atoms with Crippen molar-refractivity contribution in [2.75, 3.05) is 0 Å². The molecule has 1 rings (SSSR count). The molecule has 68 valence electrons. The SMILES string of the molecule is CC(C)=C(Cl)C1CC(C)C(=O)O1. The Morgan fingerprint density at radius 2 is 2.17 bits per heavy atom. The molecule has 2 atom stereocenters. The number of rotatable bonds is 1. The lowest BCUT2D eigenvalue weighted by atomic mass is 10.1. The summed E-state index contributed by atoms with van der Waals surface area (Å²) >= 11 is 5.96. The Hall–Kier alpha value is -0.500. The van der Waals surface area contributed by atoms with E-state index >= 15 is 0 Å². The van der Waals surface area contributed by atoms with Crippen LogP contribution in [0, 0.1) is 5.92 Å². The van der Waals surface area contributed by atoms with Gasteiger partial charge in [0.1, 0.15) is 6.10 Å². The molecule has 12 heavy (non-hydrogen) atoms. The van der Waals surface area contributed by atoms with E-state index in [0.717, 1.165) is 5.57 Å². The Bertz CT molecular complexity index is 229. The van der Waals surface area contributed by atoms with Gasteiger partial charge in [0.05, 0.1) is 11.0 Å². The monoisotopic (exact) mass is 188 g/mol. The van der Waals surface area contributed by atoms with Crippen molar-refractivity contribution in [3.8, 4) is 0 Å². The third kappa shape index (κ3) is 1.81. The lowest BCUT2D eigenvalue weighted by Crippen LogP contribution is -2.07. The van der Waals surface area contributed by atoms with Crippen LogP contribution in [-0.2, 0) is 9.53 Å². The Morgan fingerprint density at radius 3 is 2.50 bits per heavy atom. The van der Waals surface area contributed by atoms with Gasteiger partial charge in [0.2, 0.25) is 0 Å². The number of carbonyl (C=O) groups excluding carboxylic acids is 1. The molecular formula is C9H13ClO2. The van der Waals surface area contributed by atoms with E-state index in [-0.39, 0.29) is 18.0 Å². The first-order chi connectivity index (χ1) is 5.52. The van der Waals surface area contributed by atoms with Crippen molar-refractivity contribution in [3.63, 3.8) is 0 Å². The highest BCUT2D eigenvalue weighted by Crippen LogP contribution is 2.29. The van der Waals surface area contributed by atoms with Crippen LogP contribution in [0.5, 0.6) is 0 Å². The first-order valence-electron chi connectivity index (χ1n) is 4.05. The maximum atomic E-state index is 11.0. The van der Waals surface area contributed by atoms with Crippen LogP contribution in [0.1, 0.15) is 27.2 Å². The van der Waals surface area contributed by atoms with Crippen LogP contribution in [0.2, 0.25) is 0 Å². The first kappa shape index (κ1) is 9.59. The van der Waals surface area contributed by atoms with Crippen LogP contribution in [0.15, 0.2) is 10.6 Å². The average Bonchev–Trinajstić information content (AvgIpc) is 2.30. The van der Waals surface area contributed by atoms with E-state index in [1.165, 1.54) is 0 Å². The van der Waals surface area contributed by atoms with Gasteiger partial charge in [0.25, 0.3) is 0 Å². The van der Waals surface area contributed by atoms with Gasteiger partial charge >= 0.3 is 5.97 Å². The third-order valence-electron chi connectivity index (χ3n) is 1.99. The van der Waals surface area contributed by atoms with E-state index < -0.39 is 0 Å². The Kier molecular flexibility index (Phi) is 2.78. The molecule has 0 aromatic carbocycles. The molecule has 0 amide bonds. The summed E-state index contributed by atoms with van der Waals surface area (Å²) in [6, 6.07) is 0. The summed E-state index contributed by atoms with van der Waals surface area (Å²) in [5.41, 5.74) is 1.02. The molecule has 2 nitrogen and oxygen atoms in total. The second-order valence-corrected chi connectivity index (χ2v) is 3.82. The van der Waals surface area contributed by atoms with E-state index in [9.17, 15) is 4.79 Å². The minimum atomic E-state index is -0.195. The Morgan fingerprint density at radius 1 is 1.58 bits per heavy atom. The minimum absolute atomic E-state index is 0.0110. The van der Waals surface area contributed by atoms with Crippen molar-refractivity contribution < 1.29 is 9.53 Å². The van der Waals surface area contributed by atoms with Crippen LogP contribution in [0.3, 0.4) is 0 Å². The van der Waals surface area contributed by atoms with Gasteiger partial charge in [-0.2, -0.15) is 0 Å². The van der Waals surface area contributed by atoms with Gasteiger partial charge in [-0.3, -0.25) is 4.79 Å². The van der Waals surface area contributed by atoms with E-state index in [2.05, 4.69) is 0 Å². The molecule has 0 radical (unpaired) electrons. The molecule has 0 aliphatic carbocycles. The number of esters is 1. The molecule has 2 unspecified atom stereocenters. The molecule has 0 N–H and O–H groups in total. The van der Waals surface area contributed by atoms with Gasteiger partial charge in [0, 0.05) is 6.42 Å². The van der Waals surface area contributed by atoms with Gasteiger partial charge in [-0.1, -0.05) is 24.1 Å². The van der Waals surface area contributed by atoms with Crippen LogP contribution in [0.25, 0.3) is 0 Å². The number of allylic oxidation sites excluding steroid dienone is 1. The predicted octanol–water partition coefficient (Wildman–Crippen LogP) is 2.47. The zero-order valence-corrected chi connectivity index (χ0v) is 8.31. The van der Waals surface area contributed by atoms with Crippen LogP contribution < -0.4 is 0 Å². The fourth-order valence-corrected chi connectivity index (χ4v) is 1.33. The zero-order valence-electron chi connectivity index (χ0n) is 7.56. The van der Waals surface area contributed by atoms with Crippen molar-refractivity contribution in [2.45, 2.75) is 33.3 Å². The van der Waals surface area contributed by atoms with Gasteiger partial charge in [-0.25, -0.2) is 0 Å². The maximum absolute atomic E-state index is 11.0. The highest BCUT2D eigenvalue weighted by Gasteiger charge is 2.32. The Balaban J connectivity index is 2.70. The van der Waals surface area contributed by atoms with Crippen LogP contribution in [-0.4, -0.2) is 12.1 Å². The average molecular weight is 189 g/mol. The highest BCUT2D eigenvalue weighted by molar-refractivity contribution is 6.30. The van der Waals surface area contributed by atoms with Crippen molar-refractivity contribution in [3.05, 3.63) is 10.6 Å². The quantitative estimate of drug-likeness (QED) is 0.591. The van der Waals surface area contributed by atoms with Crippen molar-refractivity contribution in [1.82, 2.24) is 0 Å². The summed E-state index contributed by atoms with van der Waals surface area (Å²) in [7, 11) is 0. The summed E-state index contributed by atoms with van der Waals surface area (Å²) in [5.74, 6) is -0.150. The molecule has 0 aromatic rings. The lowest BCUT2D eigenvalue weighted by molar-refractivity contribution is -0.142. The van der Waals surface area contributed by atoms with E-state index in [1.54, 1.807) is 0 Å². The second-order valence-electron chi connectivity index (χ2n) is 3.41. The number of hydrogen-bond acceptors (Lipinski definition) is 2.